The van der Waals surface area contributed by atoms with Crippen LogP contribution in [-0.4, -0.2) is 25.2 Å². The van der Waals surface area contributed by atoms with Gasteiger partial charge in [0.05, 0.1) is 13.2 Å². The van der Waals surface area contributed by atoms with Crippen LogP contribution in [0.5, 0.6) is 0 Å². The summed E-state index contributed by atoms with van der Waals surface area (Å²) >= 11 is 0. The Morgan fingerprint density at radius 1 is 0.255 bits per heavy atom. The lowest BCUT2D eigenvalue weighted by atomic mass is 10.0. The van der Waals surface area contributed by atoms with Crippen LogP contribution in [0.25, 0.3) is 0 Å². The van der Waals surface area contributed by atoms with E-state index >= 15 is 0 Å². The highest BCUT2D eigenvalue weighted by molar-refractivity contribution is 5.69. The van der Waals surface area contributed by atoms with Crippen LogP contribution in [0.3, 0.4) is 0 Å². The van der Waals surface area contributed by atoms with E-state index in [1.165, 1.54) is 205 Å². The second-order valence-electron chi connectivity index (χ2n) is 16.0. The molecule has 4 nitrogen and oxygen atoms in total. The highest BCUT2D eigenvalue weighted by Gasteiger charge is 2.06. The molecule has 0 aliphatic heterocycles. The molecule has 51 heavy (non-hydrogen) atoms. The van der Waals surface area contributed by atoms with Crippen LogP contribution in [0.1, 0.15) is 277 Å². The second-order valence-corrected chi connectivity index (χ2v) is 16.0. The van der Waals surface area contributed by atoms with E-state index in [0.29, 0.717) is 26.1 Å². The Balaban J connectivity index is 3.24. The third-order valence-corrected chi connectivity index (χ3v) is 10.8. The van der Waals surface area contributed by atoms with Crippen LogP contribution in [0.15, 0.2) is 0 Å². The van der Waals surface area contributed by atoms with Gasteiger partial charge in [-0.25, -0.2) is 0 Å². The molecule has 0 aromatic heterocycles. The van der Waals surface area contributed by atoms with Crippen LogP contribution in [-0.2, 0) is 19.1 Å². The molecule has 0 aliphatic carbocycles. The van der Waals surface area contributed by atoms with Crippen molar-refractivity contribution in [3.05, 3.63) is 0 Å². The summed E-state index contributed by atoms with van der Waals surface area (Å²) in [6.07, 6.45) is 52.5. The zero-order chi connectivity index (χ0) is 37.0. The quantitative estimate of drug-likeness (QED) is 0.0464. The molecular formula is C47H92O4. The SMILES string of the molecule is CCCCCCCCCCCCCCCCCCCCOC(=O)CCCCCC(=O)OCCCCCCCCCCCCCCCCCCCC. The van der Waals surface area contributed by atoms with Crippen molar-refractivity contribution in [2.75, 3.05) is 13.2 Å². The standard InChI is InChI=1S/C47H92O4/c1-3-5-7-9-11-13-15-17-19-21-23-25-27-29-31-33-35-40-44-50-46(48)42-38-37-39-43-47(49)51-45-41-36-34-32-30-28-26-24-22-20-18-16-14-12-10-8-6-4-2/h3-45H2,1-2H3. The predicted octanol–water partition coefficient (Wildman–Crippen LogP) is 16.1. The van der Waals surface area contributed by atoms with Gasteiger partial charge in [0.15, 0.2) is 0 Å². The van der Waals surface area contributed by atoms with Gasteiger partial charge < -0.3 is 9.47 Å². The van der Waals surface area contributed by atoms with Crippen LogP contribution in [0.4, 0.5) is 0 Å². The topological polar surface area (TPSA) is 52.6 Å². The maximum atomic E-state index is 12.0. The summed E-state index contributed by atoms with van der Waals surface area (Å²) in [7, 11) is 0. The maximum absolute atomic E-state index is 12.0. The lowest BCUT2D eigenvalue weighted by Gasteiger charge is -2.06. The molecule has 0 radical (unpaired) electrons. The zero-order valence-electron chi connectivity index (χ0n) is 35.0. The van der Waals surface area contributed by atoms with Crippen molar-refractivity contribution in [3.63, 3.8) is 0 Å². The van der Waals surface area contributed by atoms with Crippen molar-refractivity contribution in [2.45, 2.75) is 277 Å². The van der Waals surface area contributed by atoms with Crippen molar-refractivity contribution < 1.29 is 19.1 Å². The van der Waals surface area contributed by atoms with E-state index in [0.717, 1.165) is 44.9 Å². The number of hydrogen-bond donors (Lipinski definition) is 0. The first-order valence-electron chi connectivity index (χ1n) is 23.5. The van der Waals surface area contributed by atoms with E-state index in [4.69, 9.17) is 9.47 Å². The number of carbonyl (C=O) groups is 2. The van der Waals surface area contributed by atoms with E-state index in [1.807, 2.05) is 0 Å². The Hall–Kier alpha value is -1.06. The van der Waals surface area contributed by atoms with Gasteiger partial charge in [0.2, 0.25) is 0 Å². The van der Waals surface area contributed by atoms with E-state index in [1.54, 1.807) is 0 Å². The zero-order valence-corrected chi connectivity index (χ0v) is 35.0. The lowest BCUT2D eigenvalue weighted by molar-refractivity contribution is -0.144. The van der Waals surface area contributed by atoms with Gasteiger partial charge in [0.1, 0.15) is 0 Å². The fraction of sp³-hybridized carbons (Fsp3) is 0.957. The Bertz CT molecular complexity index is 621. The molecule has 0 bridgehead atoms. The average molecular weight is 721 g/mol. The molecule has 4 heteroatoms. The molecule has 304 valence electrons. The fourth-order valence-electron chi connectivity index (χ4n) is 7.24. The number of hydrogen-bond acceptors (Lipinski definition) is 4. The van der Waals surface area contributed by atoms with E-state index in [2.05, 4.69) is 13.8 Å². The molecule has 0 atom stereocenters. The first-order valence-corrected chi connectivity index (χ1v) is 23.5. The van der Waals surface area contributed by atoms with Crippen molar-refractivity contribution in [1.29, 1.82) is 0 Å². The summed E-state index contributed by atoms with van der Waals surface area (Å²) in [6, 6.07) is 0. The van der Waals surface area contributed by atoms with Gasteiger partial charge in [-0.1, -0.05) is 239 Å². The first-order chi connectivity index (χ1) is 25.2. The molecule has 0 fully saturated rings. The second kappa shape index (κ2) is 45.1. The van der Waals surface area contributed by atoms with E-state index < -0.39 is 0 Å². The molecule has 0 N–H and O–H groups in total. The molecule has 0 saturated carbocycles. The van der Waals surface area contributed by atoms with Crippen LogP contribution in [0.2, 0.25) is 0 Å². The normalized spacial score (nSPS) is 11.3. The third kappa shape index (κ3) is 45.0. The average Bonchev–Trinajstić information content (AvgIpc) is 3.13. The summed E-state index contributed by atoms with van der Waals surface area (Å²) < 4.78 is 10.8. The highest BCUT2D eigenvalue weighted by atomic mass is 16.5. The van der Waals surface area contributed by atoms with E-state index in [9.17, 15) is 9.59 Å². The molecule has 0 aromatic carbocycles. The number of unbranched alkanes of at least 4 members (excludes halogenated alkanes) is 36. The third-order valence-electron chi connectivity index (χ3n) is 10.8. The Labute approximate surface area is 320 Å². The minimum Gasteiger partial charge on any atom is -0.466 e. The molecule has 0 amide bonds. The van der Waals surface area contributed by atoms with Gasteiger partial charge >= 0.3 is 11.9 Å². The summed E-state index contributed by atoms with van der Waals surface area (Å²) in [4.78, 5) is 24.0. The van der Waals surface area contributed by atoms with Crippen LogP contribution >= 0.6 is 0 Å². The Morgan fingerprint density at radius 3 is 0.647 bits per heavy atom. The number of esters is 2. The molecule has 0 saturated heterocycles. The molecule has 0 aliphatic rings. The largest absolute Gasteiger partial charge is 0.466 e. The Morgan fingerprint density at radius 2 is 0.431 bits per heavy atom. The smallest absolute Gasteiger partial charge is 0.305 e. The maximum Gasteiger partial charge on any atom is 0.305 e. The van der Waals surface area contributed by atoms with Gasteiger partial charge in [0, 0.05) is 12.8 Å². The minimum atomic E-state index is -0.0846. The fourth-order valence-corrected chi connectivity index (χ4v) is 7.24. The molecule has 0 spiro atoms. The van der Waals surface area contributed by atoms with Crippen molar-refractivity contribution in [1.82, 2.24) is 0 Å². The molecular weight excluding hydrogens is 629 g/mol. The molecule has 0 aromatic rings. The number of carbonyl (C=O) groups excluding carboxylic acids is 2. The van der Waals surface area contributed by atoms with Gasteiger partial charge in [-0.2, -0.15) is 0 Å². The van der Waals surface area contributed by atoms with Crippen LogP contribution in [0, 0.1) is 0 Å². The van der Waals surface area contributed by atoms with Gasteiger partial charge in [0.25, 0.3) is 0 Å². The minimum absolute atomic E-state index is 0.0846. The predicted molar refractivity (Wildman–Crippen MR) is 223 cm³/mol. The summed E-state index contributed by atoms with van der Waals surface area (Å²) in [5.74, 6) is -0.169. The van der Waals surface area contributed by atoms with Gasteiger partial charge in [-0.05, 0) is 25.7 Å². The molecule has 0 unspecified atom stereocenters. The molecule has 0 rings (SSSR count). The molecule has 0 heterocycles. The van der Waals surface area contributed by atoms with Gasteiger partial charge in [-0.15, -0.1) is 0 Å². The van der Waals surface area contributed by atoms with E-state index in [-0.39, 0.29) is 11.9 Å². The summed E-state index contributed by atoms with van der Waals surface area (Å²) in [5.41, 5.74) is 0. The first kappa shape index (κ1) is 49.9. The van der Waals surface area contributed by atoms with Crippen molar-refractivity contribution in [2.24, 2.45) is 0 Å². The highest BCUT2D eigenvalue weighted by Crippen LogP contribution is 2.16. The number of rotatable bonds is 44. The van der Waals surface area contributed by atoms with Gasteiger partial charge in [-0.3, -0.25) is 9.59 Å². The van der Waals surface area contributed by atoms with Crippen molar-refractivity contribution in [3.8, 4) is 0 Å². The van der Waals surface area contributed by atoms with Crippen LogP contribution < -0.4 is 0 Å². The summed E-state index contributed by atoms with van der Waals surface area (Å²) in [6.45, 7) is 5.70. The number of ether oxygens (including phenoxy) is 2. The Kier molecular flexibility index (Phi) is 44.2. The van der Waals surface area contributed by atoms with Crippen molar-refractivity contribution >= 4 is 11.9 Å². The lowest BCUT2D eigenvalue weighted by Crippen LogP contribution is -2.07. The summed E-state index contributed by atoms with van der Waals surface area (Å²) in [5, 5.41) is 0. The monoisotopic (exact) mass is 721 g/mol.